The lowest BCUT2D eigenvalue weighted by atomic mass is 9.90. The highest BCUT2D eigenvalue weighted by Crippen LogP contribution is 2.21. The predicted molar refractivity (Wildman–Crippen MR) is 151 cm³/mol. The summed E-state index contributed by atoms with van der Waals surface area (Å²) in [5.41, 5.74) is 21.4. The molecule has 2 heteroatoms. The lowest BCUT2D eigenvalue weighted by Crippen LogP contribution is -2.03. The molecule has 4 aromatic rings. The third-order valence-electron chi connectivity index (χ3n) is 7.08. The topological polar surface area (TPSA) is 52.0 Å². The zero-order chi connectivity index (χ0) is 24.5. The summed E-state index contributed by atoms with van der Waals surface area (Å²) in [6.45, 7) is 2.33. The monoisotopic (exact) mass is 462 g/mol. The van der Waals surface area contributed by atoms with Gasteiger partial charge in [0, 0.05) is 11.4 Å². The molecule has 0 spiro atoms. The van der Waals surface area contributed by atoms with Gasteiger partial charge >= 0.3 is 0 Å². The predicted octanol–water partition coefficient (Wildman–Crippen LogP) is 7.62. The van der Waals surface area contributed by atoms with Gasteiger partial charge in [0.25, 0.3) is 0 Å². The van der Waals surface area contributed by atoms with E-state index in [1.54, 1.807) is 0 Å². The van der Waals surface area contributed by atoms with Crippen molar-refractivity contribution in [3.05, 3.63) is 130 Å². The van der Waals surface area contributed by atoms with Gasteiger partial charge in [0.1, 0.15) is 0 Å². The molecule has 2 nitrogen and oxygen atoms in total. The van der Waals surface area contributed by atoms with Crippen LogP contribution in [0.25, 0.3) is 0 Å². The van der Waals surface area contributed by atoms with Crippen molar-refractivity contribution in [3.8, 4) is 0 Å². The molecule has 0 aliphatic carbocycles. The Morgan fingerprint density at radius 1 is 0.457 bits per heavy atom. The summed E-state index contributed by atoms with van der Waals surface area (Å²) in [4.78, 5) is 0. The first kappa shape index (κ1) is 24.6. The van der Waals surface area contributed by atoms with Crippen LogP contribution in [0, 0.1) is 5.92 Å². The average molecular weight is 463 g/mol. The van der Waals surface area contributed by atoms with Crippen LogP contribution >= 0.6 is 0 Å². The fraction of sp³-hybridized carbons (Fsp3) is 0.273. The van der Waals surface area contributed by atoms with Gasteiger partial charge in [0.2, 0.25) is 0 Å². The SMILES string of the molecule is CCC(CCc1ccc(Cc2ccc(N)cc2)cc1)CCc1ccc(Cc2ccc(N)cc2)cc1. The second-order valence-electron chi connectivity index (χ2n) is 9.82. The third-order valence-corrected chi connectivity index (χ3v) is 7.08. The van der Waals surface area contributed by atoms with Gasteiger partial charge in [-0.05, 0) is 102 Å². The van der Waals surface area contributed by atoms with Crippen molar-refractivity contribution in [2.45, 2.75) is 51.9 Å². The van der Waals surface area contributed by atoms with E-state index in [-0.39, 0.29) is 0 Å². The molecule has 0 bridgehead atoms. The first-order chi connectivity index (χ1) is 17.1. The third kappa shape index (κ3) is 7.75. The van der Waals surface area contributed by atoms with Crippen LogP contribution in [-0.4, -0.2) is 0 Å². The van der Waals surface area contributed by atoms with E-state index in [1.807, 2.05) is 24.3 Å². The first-order valence-corrected chi connectivity index (χ1v) is 12.9. The number of nitrogen functional groups attached to an aromatic ring is 2. The van der Waals surface area contributed by atoms with Gasteiger partial charge in [-0.15, -0.1) is 0 Å². The lowest BCUT2D eigenvalue weighted by Gasteiger charge is -2.15. The number of rotatable bonds is 11. The van der Waals surface area contributed by atoms with Crippen LogP contribution in [0.15, 0.2) is 97.1 Å². The van der Waals surface area contributed by atoms with Crippen LogP contribution < -0.4 is 11.5 Å². The number of aryl methyl sites for hydroxylation is 2. The Hall–Kier alpha value is -3.52. The summed E-state index contributed by atoms with van der Waals surface area (Å²) in [6.07, 6.45) is 7.96. The molecule has 0 radical (unpaired) electrons. The quantitative estimate of drug-likeness (QED) is 0.225. The minimum Gasteiger partial charge on any atom is -0.399 e. The highest BCUT2D eigenvalue weighted by Gasteiger charge is 2.08. The van der Waals surface area contributed by atoms with E-state index in [0.29, 0.717) is 0 Å². The first-order valence-electron chi connectivity index (χ1n) is 12.9. The molecule has 0 aromatic heterocycles. The van der Waals surface area contributed by atoms with Crippen LogP contribution in [0.1, 0.15) is 59.6 Å². The second kappa shape index (κ2) is 12.3. The van der Waals surface area contributed by atoms with Crippen molar-refractivity contribution >= 4 is 11.4 Å². The summed E-state index contributed by atoms with van der Waals surface area (Å²) < 4.78 is 0. The minimum atomic E-state index is 0.763. The largest absolute Gasteiger partial charge is 0.399 e. The number of benzene rings is 4. The lowest BCUT2D eigenvalue weighted by molar-refractivity contribution is 0.437. The van der Waals surface area contributed by atoms with Crippen LogP contribution in [-0.2, 0) is 25.7 Å². The van der Waals surface area contributed by atoms with E-state index in [1.165, 1.54) is 52.6 Å². The Morgan fingerprint density at radius 3 is 1.06 bits per heavy atom. The van der Waals surface area contributed by atoms with E-state index < -0.39 is 0 Å². The van der Waals surface area contributed by atoms with E-state index >= 15 is 0 Å². The maximum atomic E-state index is 5.80. The standard InChI is InChI=1S/C33H38N2/c1-2-25(3-5-26-7-11-28(12-8-26)23-30-15-19-32(34)20-16-30)4-6-27-9-13-29(14-10-27)24-31-17-21-33(35)22-18-31/h7-22,25H,2-6,23-24,34-35H2,1H3. The van der Waals surface area contributed by atoms with Crippen molar-refractivity contribution in [2.75, 3.05) is 11.5 Å². The molecule has 0 heterocycles. The van der Waals surface area contributed by atoms with Gasteiger partial charge in [-0.3, -0.25) is 0 Å². The molecule has 4 aromatic carbocycles. The molecular weight excluding hydrogens is 424 g/mol. The van der Waals surface area contributed by atoms with Gasteiger partial charge in [0.05, 0.1) is 0 Å². The fourth-order valence-corrected chi connectivity index (χ4v) is 4.68. The number of hydrogen-bond acceptors (Lipinski definition) is 2. The molecule has 0 fully saturated rings. The summed E-state index contributed by atoms with van der Waals surface area (Å²) >= 11 is 0. The van der Waals surface area contributed by atoms with Gasteiger partial charge in [-0.2, -0.15) is 0 Å². The molecule has 35 heavy (non-hydrogen) atoms. The molecule has 0 amide bonds. The molecule has 180 valence electrons. The maximum Gasteiger partial charge on any atom is 0.0314 e. The van der Waals surface area contributed by atoms with Crippen molar-refractivity contribution in [2.24, 2.45) is 5.92 Å². The Kier molecular flexibility index (Phi) is 8.62. The van der Waals surface area contributed by atoms with Crippen molar-refractivity contribution < 1.29 is 0 Å². The van der Waals surface area contributed by atoms with Crippen LogP contribution in [0.5, 0.6) is 0 Å². The fourth-order valence-electron chi connectivity index (χ4n) is 4.68. The molecule has 0 saturated heterocycles. The molecule has 4 N–H and O–H groups in total. The van der Waals surface area contributed by atoms with Crippen LogP contribution in [0.4, 0.5) is 11.4 Å². The molecule has 0 atom stereocenters. The average Bonchev–Trinajstić information content (AvgIpc) is 2.89. The highest BCUT2D eigenvalue weighted by molar-refractivity contribution is 5.41. The minimum absolute atomic E-state index is 0.763. The van der Waals surface area contributed by atoms with Crippen LogP contribution in [0.2, 0.25) is 0 Å². The maximum absolute atomic E-state index is 5.80. The zero-order valence-electron chi connectivity index (χ0n) is 20.9. The van der Waals surface area contributed by atoms with Crippen LogP contribution in [0.3, 0.4) is 0 Å². The van der Waals surface area contributed by atoms with Gasteiger partial charge in [-0.1, -0.05) is 86.1 Å². The number of anilines is 2. The number of nitrogens with two attached hydrogens (primary N) is 2. The summed E-state index contributed by atoms with van der Waals surface area (Å²) in [7, 11) is 0. The van der Waals surface area contributed by atoms with E-state index in [0.717, 1.165) is 43.0 Å². The Balaban J connectivity index is 1.22. The van der Waals surface area contributed by atoms with Gasteiger partial charge < -0.3 is 11.5 Å². The Bertz CT molecular complexity index is 1060. The highest BCUT2D eigenvalue weighted by atomic mass is 14.5. The van der Waals surface area contributed by atoms with E-state index in [2.05, 4.69) is 79.7 Å². The summed E-state index contributed by atoms with van der Waals surface area (Å²) in [6, 6.07) is 34.7. The van der Waals surface area contributed by atoms with Gasteiger partial charge in [0.15, 0.2) is 0 Å². The summed E-state index contributed by atoms with van der Waals surface area (Å²) in [5.74, 6) is 0.763. The van der Waals surface area contributed by atoms with Crippen molar-refractivity contribution in [1.82, 2.24) is 0 Å². The molecule has 0 unspecified atom stereocenters. The van der Waals surface area contributed by atoms with Gasteiger partial charge in [-0.25, -0.2) is 0 Å². The number of hydrogen-bond donors (Lipinski definition) is 2. The molecule has 4 rings (SSSR count). The molecule has 0 saturated carbocycles. The van der Waals surface area contributed by atoms with Crippen molar-refractivity contribution in [3.63, 3.8) is 0 Å². The van der Waals surface area contributed by atoms with E-state index in [4.69, 9.17) is 11.5 Å². The normalized spacial score (nSPS) is 11.1. The molecule has 0 aliphatic rings. The van der Waals surface area contributed by atoms with Crippen molar-refractivity contribution in [1.29, 1.82) is 0 Å². The Morgan fingerprint density at radius 2 is 0.743 bits per heavy atom. The molecule has 0 aliphatic heterocycles. The smallest absolute Gasteiger partial charge is 0.0314 e. The Labute approximate surface area is 211 Å². The zero-order valence-corrected chi connectivity index (χ0v) is 20.9. The van der Waals surface area contributed by atoms with E-state index in [9.17, 15) is 0 Å². The summed E-state index contributed by atoms with van der Waals surface area (Å²) in [5, 5.41) is 0. The molecular formula is C33H38N2. The second-order valence-corrected chi connectivity index (χ2v) is 9.82.